The molecule has 0 unspecified atom stereocenters. The molecule has 1 aromatic rings. The van der Waals surface area contributed by atoms with Crippen LogP contribution in [0.15, 0.2) is 33.2 Å². The van der Waals surface area contributed by atoms with E-state index in [1.807, 2.05) is 0 Å². The molecular formula is C11H8O8. The first-order valence-corrected chi connectivity index (χ1v) is 4.83. The van der Waals surface area contributed by atoms with E-state index in [1.165, 1.54) is 0 Å². The van der Waals surface area contributed by atoms with Crippen LogP contribution in [0.1, 0.15) is 12.0 Å². The molecule has 0 aliphatic rings. The van der Waals surface area contributed by atoms with Crippen LogP contribution in [-0.2, 0) is 14.4 Å². The van der Waals surface area contributed by atoms with Gasteiger partial charge in [0.15, 0.2) is 0 Å². The fraction of sp³-hybridized carbons (Fsp3) is 0.0909. The van der Waals surface area contributed by atoms with E-state index < -0.39 is 41.1 Å². The van der Waals surface area contributed by atoms with Crippen LogP contribution in [0.5, 0.6) is 0 Å². The van der Waals surface area contributed by atoms with E-state index in [1.54, 1.807) is 0 Å². The molecule has 100 valence electrons. The molecule has 0 aliphatic carbocycles. The molecule has 0 saturated heterocycles. The van der Waals surface area contributed by atoms with E-state index in [9.17, 15) is 19.2 Å². The van der Waals surface area contributed by atoms with Crippen molar-refractivity contribution in [2.24, 2.45) is 0 Å². The number of carbonyl (C=O) groups is 3. The van der Waals surface area contributed by atoms with Gasteiger partial charge < -0.3 is 19.7 Å². The minimum Gasteiger partial charge on any atom is -0.481 e. The molecule has 0 aliphatic heterocycles. The predicted molar refractivity (Wildman–Crippen MR) is 59.4 cm³/mol. The first kappa shape index (κ1) is 14.2. The van der Waals surface area contributed by atoms with Crippen molar-refractivity contribution in [3.8, 4) is 0 Å². The molecule has 0 aromatic carbocycles. The summed E-state index contributed by atoms with van der Waals surface area (Å²) in [6, 6.07) is 2.02. The Hall–Kier alpha value is -2.90. The quantitative estimate of drug-likeness (QED) is 0.386. The van der Waals surface area contributed by atoms with Gasteiger partial charge in [-0.05, 0) is 11.6 Å². The lowest BCUT2D eigenvalue weighted by Gasteiger charge is -2.07. The number of hydrogen-bond acceptors (Lipinski definition) is 5. The van der Waals surface area contributed by atoms with Crippen LogP contribution < -0.4 is 5.63 Å². The Kier molecular flexibility index (Phi) is 4.19. The topological polar surface area (TPSA) is 142 Å². The maximum atomic E-state index is 10.9. The minimum atomic E-state index is -1.78. The van der Waals surface area contributed by atoms with Gasteiger partial charge in [-0.25, -0.2) is 14.4 Å². The lowest BCUT2D eigenvalue weighted by Crippen LogP contribution is -2.15. The zero-order chi connectivity index (χ0) is 14.6. The molecule has 0 spiro atoms. The van der Waals surface area contributed by atoms with E-state index in [2.05, 4.69) is 4.42 Å². The van der Waals surface area contributed by atoms with E-state index in [0.717, 1.165) is 18.4 Å². The van der Waals surface area contributed by atoms with Gasteiger partial charge in [0.05, 0.1) is 6.42 Å². The summed E-state index contributed by atoms with van der Waals surface area (Å²) < 4.78 is 4.46. The zero-order valence-corrected chi connectivity index (χ0v) is 9.32. The van der Waals surface area contributed by atoms with Crippen LogP contribution >= 0.6 is 0 Å². The van der Waals surface area contributed by atoms with E-state index in [4.69, 9.17) is 15.3 Å². The third-order valence-corrected chi connectivity index (χ3v) is 2.11. The number of carboxylic acid groups (broad SMARTS) is 3. The second-order valence-electron chi connectivity index (χ2n) is 3.38. The van der Waals surface area contributed by atoms with Crippen LogP contribution in [-0.4, -0.2) is 33.2 Å². The first-order chi connectivity index (χ1) is 8.82. The summed E-state index contributed by atoms with van der Waals surface area (Å²) in [5.41, 5.74) is -2.38. The summed E-state index contributed by atoms with van der Waals surface area (Å²) in [5.74, 6) is -4.98. The molecule has 0 radical (unpaired) electrons. The molecule has 3 N–H and O–H groups in total. The highest BCUT2D eigenvalue weighted by molar-refractivity contribution is 6.19. The standard InChI is InChI=1S/C11H8O8/c12-7(13)3-6(9(10(15)16)11(17)18)5-1-2-8(14)19-4-5/h1-2,4H,3H2,(H,12,13)(H,15,16)(H,17,18). The maximum Gasteiger partial charge on any atom is 0.343 e. The van der Waals surface area contributed by atoms with Gasteiger partial charge in [0.1, 0.15) is 11.8 Å². The predicted octanol–water partition coefficient (Wildman–Crippen LogP) is 0.0373. The largest absolute Gasteiger partial charge is 0.481 e. The van der Waals surface area contributed by atoms with Gasteiger partial charge in [-0.2, -0.15) is 0 Å². The highest BCUT2D eigenvalue weighted by atomic mass is 16.4. The van der Waals surface area contributed by atoms with Crippen molar-refractivity contribution in [1.82, 2.24) is 0 Å². The first-order valence-electron chi connectivity index (χ1n) is 4.83. The van der Waals surface area contributed by atoms with Gasteiger partial charge in [0.25, 0.3) is 0 Å². The van der Waals surface area contributed by atoms with Crippen LogP contribution in [0.25, 0.3) is 5.57 Å². The number of carboxylic acids is 3. The van der Waals surface area contributed by atoms with Crippen molar-refractivity contribution >= 4 is 23.5 Å². The van der Waals surface area contributed by atoms with Crippen LogP contribution in [0.4, 0.5) is 0 Å². The minimum absolute atomic E-state index is 0.0956. The van der Waals surface area contributed by atoms with E-state index in [-0.39, 0.29) is 5.56 Å². The summed E-state index contributed by atoms with van der Waals surface area (Å²) in [6.45, 7) is 0. The van der Waals surface area contributed by atoms with Crippen LogP contribution in [0.2, 0.25) is 0 Å². The molecular weight excluding hydrogens is 260 g/mol. The van der Waals surface area contributed by atoms with Crippen LogP contribution in [0, 0.1) is 0 Å². The maximum absolute atomic E-state index is 10.9. The molecule has 0 saturated carbocycles. The summed E-state index contributed by atoms with van der Waals surface area (Å²) in [4.78, 5) is 43.2. The highest BCUT2D eigenvalue weighted by Gasteiger charge is 2.25. The Morgan fingerprint density at radius 1 is 1.05 bits per heavy atom. The smallest absolute Gasteiger partial charge is 0.343 e. The second kappa shape index (κ2) is 5.63. The van der Waals surface area contributed by atoms with Crippen molar-refractivity contribution in [3.05, 3.63) is 40.0 Å². The van der Waals surface area contributed by atoms with E-state index >= 15 is 0 Å². The second-order valence-corrected chi connectivity index (χ2v) is 3.38. The van der Waals surface area contributed by atoms with Crippen molar-refractivity contribution in [2.75, 3.05) is 0 Å². The lowest BCUT2D eigenvalue weighted by molar-refractivity contribution is -0.140. The van der Waals surface area contributed by atoms with E-state index in [0.29, 0.717) is 0 Å². The third-order valence-electron chi connectivity index (χ3n) is 2.11. The molecule has 0 atom stereocenters. The van der Waals surface area contributed by atoms with Crippen molar-refractivity contribution < 1.29 is 34.1 Å². The fourth-order valence-electron chi connectivity index (χ4n) is 1.37. The number of hydrogen-bond donors (Lipinski definition) is 3. The molecule has 8 nitrogen and oxygen atoms in total. The van der Waals surface area contributed by atoms with Gasteiger partial charge in [0, 0.05) is 11.6 Å². The van der Waals surface area contributed by atoms with Gasteiger partial charge in [-0.15, -0.1) is 0 Å². The van der Waals surface area contributed by atoms with Gasteiger partial charge in [-0.3, -0.25) is 4.79 Å². The molecule has 1 heterocycles. The Morgan fingerprint density at radius 2 is 1.63 bits per heavy atom. The summed E-state index contributed by atoms with van der Waals surface area (Å²) >= 11 is 0. The Balaban J connectivity index is 3.51. The summed E-state index contributed by atoms with van der Waals surface area (Å²) in [5, 5.41) is 26.3. The SMILES string of the molecule is O=C(O)CC(=C(C(=O)O)C(=O)O)c1ccc(=O)oc1. The zero-order valence-electron chi connectivity index (χ0n) is 9.32. The third kappa shape index (κ3) is 3.53. The average Bonchev–Trinajstić information content (AvgIpc) is 2.27. The lowest BCUT2D eigenvalue weighted by atomic mass is 9.98. The Bertz CT molecular complexity index is 585. The molecule has 19 heavy (non-hydrogen) atoms. The Labute approximate surface area is 105 Å². The molecule has 0 bridgehead atoms. The van der Waals surface area contributed by atoms with Crippen molar-refractivity contribution in [1.29, 1.82) is 0 Å². The van der Waals surface area contributed by atoms with Gasteiger partial charge in [-0.1, -0.05) is 0 Å². The van der Waals surface area contributed by atoms with Crippen molar-refractivity contribution in [2.45, 2.75) is 6.42 Å². The molecule has 0 amide bonds. The number of rotatable bonds is 5. The summed E-state index contributed by atoms with van der Waals surface area (Å²) in [7, 11) is 0. The van der Waals surface area contributed by atoms with Crippen molar-refractivity contribution in [3.63, 3.8) is 0 Å². The van der Waals surface area contributed by atoms with Crippen LogP contribution in [0.3, 0.4) is 0 Å². The summed E-state index contributed by atoms with van der Waals surface area (Å²) in [6.07, 6.45) is -0.0197. The monoisotopic (exact) mass is 268 g/mol. The fourth-order valence-corrected chi connectivity index (χ4v) is 1.37. The normalized spacial score (nSPS) is 9.68. The highest BCUT2D eigenvalue weighted by Crippen LogP contribution is 2.22. The molecule has 1 aromatic heterocycles. The van der Waals surface area contributed by atoms with Gasteiger partial charge >= 0.3 is 23.5 Å². The number of aliphatic carboxylic acids is 3. The molecule has 8 heteroatoms. The molecule has 1 rings (SSSR count). The molecule has 0 fully saturated rings. The van der Waals surface area contributed by atoms with Gasteiger partial charge in [0.2, 0.25) is 0 Å². The average molecular weight is 268 g/mol. The Morgan fingerprint density at radius 3 is 2.00 bits per heavy atom.